The van der Waals surface area contributed by atoms with Gasteiger partial charge in [-0.2, -0.15) is 5.26 Å². The number of thiophene rings is 1. The zero-order chi connectivity index (χ0) is 20.1. The predicted molar refractivity (Wildman–Crippen MR) is 105 cm³/mol. The van der Waals surface area contributed by atoms with E-state index in [1.54, 1.807) is 16.3 Å². The van der Waals surface area contributed by atoms with Gasteiger partial charge in [-0.15, -0.1) is 11.3 Å². The van der Waals surface area contributed by atoms with E-state index >= 15 is 0 Å². The van der Waals surface area contributed by atoms with Crippen molar-refractivity contribution < 1.29 is 19.1 Å². The van der Waals surface area contributed by atoms with E-state index < -0.39 is 24.4 Å². The topological polar surface area (TPSA) is 99.5 Å². The van der Waals surface area contributed by atoms with Gasteiger partial charge < -0.3 is 15.0 Å². The average Bonchev–Trinajstić information content (AvgIpc) is 3.32. The molecule has 1 aromatic heterocycles. The zero-order valence-corrected chi connectivity index (χ0v) is 16.1. The van der Waals surface area contributed by atoms with Crippen molar-refractivity contribution in [2.24, 2.45) is 5.92 Å². The highest BCUT2D eigenvalue weighted by Crippen LogP contribution is 2.29. The molecule has 1 fully saturated rings. The number of amides is 2. The minimum Gasteiger partial charge on any atom is -0.455 e. The van der Waals surface area contributed by atoms with E-state index in [2.05, 4.69) is 5.32 Å². The molecule has 7 nitrogen and oxygen atoms in total. The number of nitrogens with one attached hydrogen (secondary N) is 1. The normalized spacial score (nSPS) is 15.9. The first-order chi connectivity index (χ1) is 13.5. The van der Waals surface area contributed by atoms with E-state index in [1.807, 2.05) is 37.3 Å². The summed E-state index contributed by atoms with van der Waals surface area (Å²) < 4.78 is 5.09. The Balaban J connectivity index is 1.56. The number of esters is 1. The Labute approximate surface area is 166 Å². The van der Waals surface area contributed by atoms with Gasteiger partial charge in [0.25, 0.3) is 5.91 Å². The van der Waals surface area contributed by atoms with Crippen LogP contribution in [0.2, 0.25) is 0 Å². The van der Waals surface area contributed by atoms with E-state index in [0.29, 0.717) is 10.6 Å². The van der Waals surface area contributed by atoms with Gasteiger partial charge in [0.05, 0.1) is 11.5 Å². The number of carbonyl (C=O) groups is 3. The lowest BCUT2D eigenvalue weighted by Crippen LogP contribution is -2.28. The smallest absolute Gasteiger partial charge is 0.311 e. The number of hydrogen-bond acceptors (Lipinski definition) is 6. The molecule has 1 atom stereocenters. The van der Waals surface area contributed by atoms with Gasteiger partial charge in [0, 0.05) is 18.7 Å². The summed E-state index contributed by atoms with van der Waals surface area (Å²) >= 11 is 1.22. The Kier molecular flexibility index (Phi) is 6.06. The van der Waals surface area contributed by atoms with Gasteiger partial charge in [0.1, 0.15) is 11.1 Å². The summed E-state index contributed by atoms with van der Waals surface area (Å²) in [7, 11) is 0. The fourth-order valence-corrected chi connectivity index (χ4v) is 3.84. The Bertz CT molecular complexity index is 947. The van der Waals surface area contributed by atoms with Gasteiger partial charge >= 0.3 is 5.97 Å². The molecule has 1 aliphatic heterocycles. The van der Waals surface area contributed by atoms with E-state index in [1.165, 1.54) is 11.3 Å². The second kappa shape index (κ2) is 8.67. The third-order valence-corrected chi connectivity index (χ3v) is 5.34. The molecule has 8 heteroatoms. The molecular weight excluding hydrogens is 378 g/mol. The highest BCUT2D eigenvalue weighted by molar-refractivity contribution is 7.14. The molecule has 2 aromatic rings. The summed E-state index contributed by atoms with van der Waals surface area (Å²) in [6.45, 7) is 1.78. The van der Waals surface area contributed by atoms with Crippen molar-refractivity contribution in [1.29, 1.82) is 5.26 Å². The lowest BCUT2D eigenvalue weighted by Gasteiger charge is -2.19. The number of carbonyl (C=O) groups excluding carboxylic acids is 3. The molecule has 0 saturated carbocycles. The van der Waals surface area contributed by atoms with E-state index in [9.17, 15) is 14.4 Å². The number of ether oxygens (including phenoxy) is 1. The largest absolute Gasteiger partial charge is 0.455 e. The standard InChI is InChI=1S/C20H19N3O4S/c1-2-13-5-3-4-6-16(13)23-11-15(9-18(23)25)20(26)27-12-17(24)22-19-14(10-21)7-8-28-19/h3-8,15H,2,9,11-12H2,1H3,(H,22,24). The molecule has 0 spiro atoms. The van der Waals surface area contributed by atoms with Crippen molar-refractivity contribution in [1.82, 2.24) is 0 Å². The Morgan fingerprint density at radius 1 is 1.36 bits per heavy atom. The Morgan fingerprint density at radius 3 is 2.89 bits per heavy atom. The first-order valence-electron chi connectivity index (χ1n) is 8.85. The van der Waals surface area contributed by atoms with Gasteiger partial charge in [0.15, 0.2) is 6.61 Å². The number of anilines is 2. The molecule has 0 bridgehead atoms. The second-order valence-corrected chi connectivity index (χ2v) is 7.23. The molecule has 1 aliphatic rings. The summed E-state index contributed by atoms with van der Waals surface area (Å²) in [6.07, 6.45) is 0.838. The second-order valence-electron chi connectivity index (χ2n) is 6.32. The number of benzene rings is 1. The van der Waals surface area contributed by atoms with Crippen molar-refractivity contribution in [3.63, 3.8) is 0 Å². The molecule has 0 aliphatic carbocycles. The number of hydrogen-bond donors (Lipinski definition) is 1. The number of para-hydroxylation sites is 1. The highest BCUT2D eigenvalue weighted by Gasteiger charge is 2.37. The fraction of sp³-hybridized carbons (Fsp3) is 0.300. The van der Waals surface area contributed by atoms with Gasteiger partial charge in [-0.1, -0.05) is 25.1 Å². The van der Waals surface area contributed by atoms with Crippen molar-refractivity contribution >= 4 is 39.8 Å². The van der Waals surface area contributed by atoms with Crippen LogP contribution in [0.1, 0.15) is 24.5 Å². The molecule has 1 unspecified atom stereocenters. The third kappa shape index (κ3) is 4.21. The van der Waals surface area contributed by atoms with E-state index in [4.69, 9.17) is 10.00 Å². The van der Waals surface area contributed by atoms with Gasteiger partial charge in [0.2, 0.25) is 5.91 Å². The number of nitrogens with zero attached hydrogens (tertiary/aromatic N) is 2. The van der Waals surface area contributed by atoms with Crippen molar-refractivity contribution in [3.05, 3.63) is 46.8 Å². The summed E-state index contributed by atoms with van der Waals surface area (Å²) in [5.41, 5.74) is 2.20. The third-order valence-electron chi connectivity index (χ3n) is 4.51. The van der Waals surface area contributed by atoms with Crippen LogP contribution >= 0.6 is 11.3 Å². The van der Waals surface area contributed by atoms with Crippen molar-refractivity contribution in [2.75, 3.05) is 23.4 Å². The Hall–Kier alpha value is -3.18. The Morgan fingerprint density at radius 2 is 2.14 bits per heavy atom. The van der Waals surface area contributed by atoms with Crippen molar-refractivity contribution in [2.45, 2.75) is 19.8 Å². The van der Waals surface area contributed by atoms with E-state index in [-0.39, 0.29) is 18.9 Å². The monoisotopic (exact) mass is 397 g/mol. The van der Waals surface area contributed by atoms with Crippen LogP contribution < -0.4 is 10.2 Å². The molecule has 0 radical (unpaired) electrons. The maximum atomic E-state index is 12.4. The zero-order valence-electron chi connectivity index (χ0n) is 15.3. The molecule has 2 amide bonds. The molecule has 28 heavy (non-hydrogen) atoms. The lowest BCUT2D eigenvalue weighted by atomic mass is 10.1. The maximum Gasteiger partial charge on any atom is 0.311 e. The van der Waals surface area contributed by atoms with Gasteiger partial charge in [-0.25, -0.2) is 0 Å². The van der Waals surface area contributed by atoms with Crippen molar-refractivity contribution in [3.8, 4) is 6.07 Å². The molecule has 1 aromatic carbocycles. The summed E-state index contributed by atoms with van der Waals surface area (Å²) in [4.78, 5) is 38.3. The summed E-state index contributed by atoms with van der Waals surface area (Å²) in [5.74, 6) is -1.84. The first kappa shape index (κ1) is 19.6. The van der Waals surface area contributed by atoms with Crippen LogP contribution in [0.4, 0.5) is 10.7 Å². The highest BCUT2D eigenvalue weighted by atomic mass is 32.1. The minimum atomic E-state index is -0.610. The van der Waals surface area contributed by atoms with Gasteiger partial charge in [-0.05, 0) is 29.5 Å². The minimum absolute atomic E-state index is 0.0575. The molecular formula is C20H19N3O4S. The van der Waals surface area contributed by atoms with Crippen LogP contribution in [0, 0.1) is 17.2 Å². The van der Waals surface area contributed by atoms with Crippen LogP contribution in [0.3, 0.4) is 0 Å². The molecule has 1 saturated heterocycles. The molecule has 144 valence electrons. The first-order valence-corrected chi connectivity index (χ1v) is 9.73. The predicted octanol–water partition coefficient (Wildman–Crippen LogP) is 2.72. The molecule has 2 heterocycles. The summed E-state index contributed by atoms with van der Waals surface area (Å²) in [5, 5.41) is 13.6. The van der Waals surface area contributed by atoms with Crippen LogP contribution in [0.25, 0.3) is 0 Å². The molecule has 1 N–H and O–H groups in total. The van der Waals surface area contributed by atoms with Crippen LogP contribution in [0.15, 0.2) is 35.7 Å². The van der Waals surface area contributed by atoms with Gasteiger partial charge in [-0.3, -0.25) is 14.4 Å². The fourth-order valence-electron chi connectivity index (χ4n) is 3.08. The SMILES string of the molecule is CCc1ccccc1N1CC(C(=O)OCC(=O)Nc2sccc2C#N)CC1=O. The maximum absolute atomic E-state index is 12.4. The number of rotatable bonds is 6. The average molecular weight is 397 g/mol. The summed E-state index contributed by atoms with van der Waals surface area (Å²) in [6, 6.07) is 11.2. The van der Waals surface area contributed by atoms with Crippen LogP contribution in [-0.4, -0.2) is 30.9 Å². The number of nitriles is 1. The van der Waals surface area contributed by atoms with Crippen LogP contribution in [-0.2, 0) is 25.5 Å². The quantitative estimate of drug-likeness (QED) is 0.756. The lowest BCUT2D eigenvalue weighted by molar-refractivity contribution is -0.151. The number of aryl methyl sites for hydroxylation is 1. The molecule has 3 rings (SSSR count). The van der Waals surface area contributed by atoms with E-state index in [0.717, 1.165) is 17.7 Å². The van der Waals surface area contributed by atoms with Crippen LogP contribution in [0.5, 0.6) is 0 Å².